The fraction of sp³-hybridized carbons (Fsp3) is 0.423. The molecule has 1 aliphatic carbocycles. The van der Waals surface area contributed by atoms with Crippen LogP contribution in [0.15, 0.2) is 34.5 Å². The lowest BCUT2D eigenvalue weighted by Crippen LogP contribution is -2.29. The first-order valence-electron chi connectivity index (χ1n) is 12.6. The van der Waals surface area contributed by atoms with E-state index in [0.29, 0.717) is 40.6 Å². The van der Waals surface area contributed by atoms with Gasteiger partial charge in [0.05, 0.1) is 22.6 Å². The van der Waals surface area contributed by atoms with E-state index in [1.165, 1.54) is 12.3 Å². The molecule has 1 fully saturated rings. The molecule has 198 valence electrons. The summed E-state index contributed by atoms with van der Waals surface area (Å²) in [5, 5.41) is 3.10. The van der Waals surface area contributed by atoms with Crippen LogP contribution in [0.5, 0.6) is 0 Å². The lowest BCUT2D eigenvalue weighted by molar-refractivity contribution is 0.526. The first-order valence-corrected chi connectivity index (χ1v) is 14.5. The van der Waals surface area contributed by atoms with Crippen LogP contribution in [0.2, 0.25) is 0 Å². The van der Waals surface area contributed by atoms with E-state index in [2.05, 4.69) is 25.3 Å². The van der Waals surface area contributed by atoms with Crippen LogP contribution in [-0.4, -0.2) is 49.1 Å². The van der Waals surface area contributed by atoms with Crippen LogP contribution >= 0.6 is 0 Å². The lowest BCUT2D eigenvalue weighted by Gasteiger charge is -2.19. The van der Waals surface area contributed by atoms with Gasteiger partial charge in [0, 0.05) is 31.0 Å². The van der Waals surface area contributed by atoms with Gasteiger partial charge in [-0.3, -0.25) is 9.36 Å². The van der Waals surface area contributed by atoms with Gasteiger partial charge in [-0.15, -0.1) is 0 Å². The summed E-state index contributed by atoms with van der Waals surface area (Å²) in [6.07, 6.45) is 7.04. The quantitative estimate of drug-likeness (QED) is 0.356. The third kappa shape index (κ3) is 4.87. The van der Waals surface area contributed by atoms with Gasteiger partial charge in [0.15, 0.2) is 32.2 Å². The van der Waals surface area contributed by atoms with Crippen molar-refractivity contribution in [3.05, 3.63) is 57.7 Å². The smallest absolute Gasteiger partial charge is 0.295 e. The molecule has 0 radical (unpaired) electrons. The molecular weight excluding hydrogens is 504 g/mol. The van der Waals surface area contributed by atoms with E-state index in [0.717, 1.165) is 36.0 Å². The molecule has 0 unspecified atom stereocenters. The normalized spacial score (nSPS) is 14.6. The second-order valence-corrected chi connectivity index (χ2v) is 11.8. The molecule has 1 saturated carbocycles. The molecule has 1 atom stereocenters. The number of fused-ring (bicyclic) bond motifs is 1. The van der Waals surface area contributed by atoms with E-state index in [-0.39, 0.29) is 29.0 Å². The second kappa shape index (κ2) is 9.82. The highest BCUT2D eigenvalue weighted by molar-refractivity contribution is 7.90. The van der Waals surface area contributed by atoms with Crippen LogP contribution in [0.25, 0.3) is 22.6 Å². The number of aromatic nitrogens is 7. The Bertz CT molecular complexity index is 1700. The average Bonchev–Trinajstić information content (AvgIpc) is 3.72. The largest absolute Gasteiger partial charge is 0.361 e. The Labute approximate surface area is 220 Å². The predicted molar refractivity (Wildman–Crippen MR) is 144 cm³/mol. The number of nitrogens with one attached hydrogen (secondary N) is 1. The van der Waals surface area contributed by atoms with E-state index in [9.17, 15) is 13.2 Å². The minimum atomic E-state index is -3.39. The topological polar surface area (TPSA) is 146 Å². The summed E-state index contributed by atoms with van der Waals surface area (Å²) in [5.41, 5.74) is 4.66. The second-order valence-electron chi connectivity index (χ2n) is 9.82. The van der Waals surface area contributed by atoms with Crippen molar-refractivity contribution in [2.45, 2.75) is 70.5 Å². The zero-order valence-corrected chi connectivity index (χ0v) is 22.9. The molecule has 1 N–H and O–H groups in total. The number of sulfone groups is 1. The first kappa shape index (κ1) is 25.8. The van der Waals surface area contributed by atoms with Crippen LogP contribution in [0.3, 0.4) is 0 Å². The minimum absolute atomic E-state index is 0.00307. The van der Waals surface area contributed by atoms with Gasteiger partial charge >= 0.3 is 0 Å². The zero-order valence-electron chi connectivity index (χ0n) is 22.1. The number of nitrogens with zero attached hydrogens (tertiary/aromatic N) is 7. The van der Waals surface area contributed by atoms with Crippen LogP contribution < -0.4 is 10.9 Å². The van der Waals surface area contributed by atoms with Gasteiger partial charge in [-0.05, 0) is 51.7 Å². The Morgan fingerprint density at radius 3 is 2.47 bits per heavy atom. The first-order chi connectivity index (χ1) is 18.1. The summed E-state index contributed by atoms with van der Waals surface area (Å²) in [7, 11) is -3.39. The maximum Gasteiger partial charge on any atom is 0.295 e. The van der Waals surface area contributed by atoms with Crippen LogP contribution in [0.1, 0.15) is 67.7 Å². The molecule has 0 aliphatic heterocycles. The van der Waals surface area contributed by atoms with E-state index in [4.69, 9.17) is 9.97 Å². The van der Waals surface area contributed by atoms with Crippen molar-refractivity contribution in [2.75, 3.05) is 11.6 Å². The molecule has 4 aromatic rings. The number of pyridine rings is 1. The Balaban J connectivity index is 1.59. The summed E-state index contributed by atoms with van der Waals surface area (Å²) in [6, 6.07) is 2.97. The molecular formula is C26H30N8O3S. The Hall–Kier alpha value is -3.80. The highest BCUT2D eigenvalue weighted by atomic mass is 32.2. The number of hydrogen-bond donors (Lipinski definition) is 1. The molecule has 1 aliphatic rings. The number of anilines is 1. The summed E-state index contributed by atoms with van der Waals surface area (Å²) in [5.74, 6) is 1.06. The average molecular weight is 535 g/mol. The number of rotatable bonds is 8. The van der Waals surface area contributed by atoms with E-state index in [1.54, 1.807) is 17.0 Å². The lowest BCUT2D eigenvalue weighted by atomic mass is 10.1. The monoisotopic (exact) mass is 534 g/mol. The Kier molecular flexibility index (Phi) is 6.68. The minimum Gasteiger partial charge on any atom is -0.361 e. The van der Waals surface area contributed by atoms with Crippen molar-refractivity contribution in [2.24, 2.45) is 0 Å². The molecule has 38 heavy (non-hydrogen) atoms. The van der Waals surface area contributed by atoms with Gasteiger partial charge in [-0.1, -0.05) is 13.0 Å². The van der Waals surface area contributed by atoms with Crippen molar-refractivity contribution in [1.29, 1.82) is 0 Å². The van der Waals surface area contributed by atoms with Crippen molar-refractivity contribution >= 4 is 26.8 Å². The molecule has 0 spiro atoms. The standard InChI is InChI=1S/C26H30N8O3S/c1-6-14(2)34-25-21(16(4)31-23(33-25)20-15(3)29-13-30-22(20)18-8-9-18)32-24(26(34)35)28-12-17-7-10-19(27-11-17)38(5,36)37/h7,10-11,13-14,18H,6,8-9,12H2,1-5H3,(H,28,32)/t14-/m1/s1. The highest BCUT2D eigenvalue weighted by Gasteiger charge is 2.30. The molecule has 12 heteroatoms. The van der Waals surface area contributed by atoms with E-state index < -0.39 is 9.84 Å². The summed E-state index contributed by atoms with van der Waals surface area (Å²) in [6.45, 7) is 8.02. The number of hydrogen-bond acceptors (Lipinski definition) is 10. The Morgan fingerprint density at radius 1 is 1.08 bits per heavy atom. The van der Waals surface area contributed by atoms with Gasteiger partial charge in [0.25, 0.3) is 5.56 Å². The van der Waals surface area contributed by atoms with Crippen LogP contribution in [0.4, 0.5) is 5.82 Å². The molecule has 0 saturated heterocycles. The van der Waals surface area contributed by atoms with Crippen molar-refractivity contribution in [1.82, 2.24) is 34.5 Å². The molecule has 0 bridgehead atoms. The van der Waals surface area contributed by atoms with Crippen molar-refractivity contribution < 1.29 is 8.42 Å². The van der Waals surface area contributed by atoms with Gasteiger partial charge < -0.3 is 5.32 Å². The molecule has 4 heterocycles. The predicted octanol–water partition coefficient (Wildman–Crippen LogP) is 3.52. The molecule has 0 aromatic carbocycles. The maximum atomic E-state index is 13.7. The van der Waals surface area contributed by atoms with Crippen molar-refractivity contribution in [3.8, 4) is 11.4 Å². The fourth-order valence-corrected chi connectivity index (χ4v) is 4.95. The SMILES string of the molecule is CC[C@@H](C)n1c(=O)c(NCc2ccc(S(C)(=O)=O)nc2)nc2c(C)nc(-c3c(C)ncnc3C3CC3)nc21. The van der Waals surface area contributed by atoms with Gasteiger partial charge in [0.2, 0.25) is 0 Å². The summed E-state index contributed by atoms with van der Waals surface area (Å²) in [4.78, 5) is 40.9. The van der Waals surface area contributed by atoms with Crippen LogP contribution in [-0.2, 0) is 16.4 Å². The fourth-order valence-electron chi connectivity index (χ4n) is 4.39. The zero-order chi connectivity index (χ0) is 27.2. The Morgan fingerprint density at radius 2 is 1.84 bits per heavy atom. The summed E-state index contributed by atoms with van der Waals surface area (Å²) < 4.78 is 25.1. The van der Waals surface area contributed by atoms with Crippen LogP contribution in [0, 0.1) is 13.8 Å². The van der Waals surface area contributed by atoms with Gasteiger partial charge in [-0.25, -0.2) is 38.3 Å². The highest BCUT2D eigenvalue weighted by Crippen LogP contribution is 2.43. The molecule has 0 amide bonds. The molecule has 11 nitrogen and oxygen atoms in total. The third-order valence-electron chi connectivity index (χ3n) is 6.84. The van der Waals surface area contributed by atoms with E-state index >= 15 is 0 Å². The van der Waals surface area contributed by atoms with E-state index in [1.807, 2.05) is 27.7 Å². The molecule has 4 aromatic heterocycles. The molecule has 5 rings (SSSR count). The van der Waals surface area contributed by atoms with Crippen molar-refractivity contribution in [3.63, 3.8) is 0 Å². The van der Waals surface area contributed by atoms with Gasteiger partial charge in [0.1, 0.15) is 11.8 Å². The third-order valence-corrected chi connectivity index (χ3v) is 7.84. The maximum absolute atomic E-state index is 13.7. The summed E-state index contributed by atoms with van der Waals surface area (Å²) >= 11 is 0. The van der Waals surface area contributed by atoms with Gasteiger partial charge in [-0.2, -0.15) is 0 Å². The number of aryl methyl sites for hydroxylation is 2.